The molecular formula is C12H18O3. The zero-order chi connectivity index (χ0) is 11.1. The minimum absolute atomic E-state index is 0.136. The van der Waals surface area contributed by atoms with E-state index in [1.807, 2.05) is 13.8 Å². The first-order valence-electron chi connectivity index (χ1n) is 5.37. The van der Waals surface area contributed by atoms with Gasteiger partial charge in [0, 0.05) is 0 Å². The van der Waals surface area contributed by atoms with Gasteiger partial charge in [0.1, 0.15) is 0 Å². The third-order valence-corrected chi connectivity index (χ3v) is 1.87. The Morgan fingerprint density at radius 1 is 1.07 bits per heavy atom. The van der Waals surface area contributed by atoms with Gasteiger partial charge < -0.3 is 14.6 Å². The first kappa shape index (κ1) is 11.7. The van der Waals surface area contributed by atoms with Crippen LogP contribution >= 0.6 is 0 Å². The lowest BCUT2D eigenvalue weighted by Crippen LogP contribution is -2.01. The Kier molecular flexibility index (Phi) is 4.81. The van der Waals surface area contributed by atoms with Gasteiger partial charge in [-0.05, 0) is 25.0 Å². The third-order valence-electron chi connectivity index (χ3n) is 1.87. The number of rotatable bonds is 6. The number of hydrogen-bond donors (Lipinski definition) is 1. The van der Waals surface area contributed by atoms with Gasteiger partial charge >= 0.3 is 0 Å². The Balaban J connectivity index is 2.77. The molecule has 0 amide bonds. The van der Waals surface area contributed by atoms with E-state index in [2.05, 4.69) is 0 Å². The summed E-state index contributed by atoms with van der Waals surface area (Å²) in [6.07, 6.45) is 1.84. The average molecular weight is 210 g/mol. The average Bonchev–Trinajstić information content (AvgIpc) is 2.25. The molecule has 0 atom stereocenters. The highest BCUT2D eigenvalue weighted by molar-refractivity contribution is 5.50. The van der Waals surface area contributed by atoms with Crippen molar-refractivity contribution in [3.8, 4) is 17.2 Å². The Hall–Kier alpha value is -1.38. The lowest BCUT2D eigenvalue weighted by Gasteiger charge is -2.12. The van der Waals surface area contributed by atoms with Crippen molar-refractivity contribution in [3.05, 3.63) is 18.2 Å². The highest BCUT2D eigenvalue weighted by Gasteiger charge is 2.09. The zero-order valence-corrected chi connectivity index (χ0v) is 9.32. The molecule has 3 nitrogen and oxygen atoms in total. The topological polar surface area (TPSA) is 38.7 Å². The van der Waals surface area contributed by atoms with Crippen LogP contribution in [-0.4, -0.2) is 18.3 Å². The number of aromatic hydroxyl groups is 1. The molecule has 0 radical (unpaired) electrons. The number of para-hydroxylation sites is 1. The molecule has 0 aromatic heterocycles. The van der Waals surface area contributed by atoms with E-state index in [0.717, 1.165) is 12.8 Å². The predicted octanol–water partition coefficient (Wildman–Crippen LogP) is 2.97. The molecular weight excluding hydrogens is 192 g/mol. The molecule has 0 aliphatic carbocycles. The molecule has 0 saturated carbocycles. The van der Waals surface area contributed by atoms with E-state index < -0.39 is 0 Å². The second kappa shape index (κ2) is 6.17. The van der Waals surface area contributed by atoms with Gasteiger partial charge in [0.25, 0.3) is 0 Å². The van der Waals surface area contributed by atoms with Crippen molar-refractivity contribution in [1.29, 1.82) is 0 Å². The van der Waals surface area contributed by atoms with Crippen molar-refractivity contribution in [2.75, 3.05) is 13.2 Å². The van der Waals surface area contributed by atoms with Gasteiger partial charge in [-0.25, -0.2) is 0 Å². The molecule has 1 aromatic rings. The molecule has 0 unspecified atom stereocenters. The molecule has 0 aliphatic heterocycles. The highest BCUT2D eigenvalue weighted by Crippen LogP contribution is 2.36. The summed E-state index contributed by atoms with van der Waals surface area (Å²) in [7, 11) is 0. The fraction of sp³-hybridized carbons (Fsp3) is 0.500. The Morgan fingerprint density at radius 2 is 1.73 bits per heavy atom. The largest absolute Gasteiger partial charge is 0.504 e. The van der Waals surface area contributed by atoms with Crippen LogP contribution in [0.15, 0.2) is 18.2 Å². The van der Waals surface area contributed by atoms with E-state index in [1.54, 1.807) is 18.2 Å². The molecule has 0 aliphatic rings. The summed E-state index contributed by atoms with van der Waals surface area (Å²) >= 11 is 0. The van der Waals surface area contributed by atoms with Crippen LogP contribution < -0.4 is 9.47 Å². The number of ether oxygens (including phenoxy) is 2. The summed E-state index contributed by atoms with van der Waals surface area (Å²) in [6, 6.07) is 5.16. The van der Waals surface area contributed by atoms with Gasteiger partial charge in [0.05, 0.1) is 13.2 Å². The number of hydrogen-bond acceptors (Lipinski definition) is 3. The summed E-state index contributed by atoms with van der Waals surface area (Å²) in [5, 5.41) is 9.61. The van der Waals surface area contributed by atoms with Gasteiger partial charge in [0.2, 0.25) is 5.75 Å². The second-order valence-corrected chi connectivity index (χ2v) is 3.30. The fourth-order valence-corrected chi connectivity index (χ4v) is 1.18. The van der Waals surface area contributed by atoms with Crippen molar-refractivity contribution in [1.82, 2.24) is 0 Å². The summed E-state index contributed by atoms with van der Waals surface area (Å²) in [4.78, 5) is 0. The zero-order valence-electron chi connectivity index (χ0n) is 9.32. The minimum atomic E-state index is 0.136. The summed E-state index contributed by atoms with van der Waals surface area (Å²) in [5.74, 6) is 1.20. The van der Waals surface area contributed by atoms with Crippen molar-refractivity contribution < 1.29 is 14.6 Å². The number of phenols is 1. The molecule has 3 heteroatoms. The van der Waals surface area contributed by atoms with Crippen LogP contribution in [0.1, 0.15) is 26.7 Å². The van der Waals surface area contributed by atoms with E-state index in [-0.39, 0.29) is 5.75 Å². The molecule has 1 N–H and O–H groups in total. The Labute approximate surface area is 90.6 Å². The van der Waals surface area contributed by atoms with Crippen molar-refractivity contribution in [2.24, 2.45) is 0 Å². The molecule has 84 valence electrons. The predicted molar refractivity (Wildman–Crippen MR) is 59.7 cm³/mol. The van der Waals surface area contributed by atoms with E-state index in [0.29, 0.717) is 24.7 Å². The van der Waals surface area contributed by atoms with E-state index in [4.69, 9.17) is 9.47 Å². The van der Waals surface area contributed by atoms with Crippen molar-refractivity contribution in [3.63, 3.8) is 0 Å². The van der Waals surface area contributed by atoms with Gasteiger partial charge in [0.15, 0.2) is 11.5 Å². The molecule has 0 spiro atoms. The standard InChI is InChI=1S/C12H18O3/c1-3-8-14-11-7-5-6-10(13)12(11)15-9-4-2/h5-7,13H,3-4,8-9H2,1-2H3. The van der Waals surface area contributed by atoms with Crippen LogP contribution in [0.5, 0.6) is 17.2 Å². The summed E-state index contributed by atoms with van der Waals surface area (Å²) in [6.45, 7) is 5.27. The number of benzene rings is 1. The molecule has 0 heterocycles. The molecule has 0 saturated heterocycles. The Bertz CT molecular complexity index is 297. The van der Waals surface area contributed by atoms with Gasteiger partial charge in [-0.15, -0.1) is 0 Å². The molecule has 1 aromatic carbocycles. The normalized spacial score (nSPS) is 10.0. The fourth-order valence-electron chi connectivity index (χ4n) is 1.18. The maximum atomic E-state index is 9.61. The molecule has 15 heavy (non-hydrogen) atoms. The maximum Gasteiger partial charge on any atom is 0.203 e. The summed E-state index contributed by atoms with van der Waals surface area (Å²) in [5.41, 5.74) is 0. The quantitative estimate of drug-likeness (QED) is 0.784. The van der Waals surface area contributed by atoms with E-state index >= 15 is 0 Å². The van der Waals surface area contributed by atoms with E-state index in [9.17, 15) is 5.11 Å². The van der Waals surface area contributed by atoms with Crippen molar-refractivity contribution >= 4 is 0 Å². The molecule has 0 bridgehead atoms. The smallest absolute Gasteiger partial charge is 0.203 e. The summed E-state index contributed by atoms with van der Waals surface area (Å²) < 4.78 is 10.9. The lowest BCUT2D eigenvalue weighted by atomic mass is 10.3. The van der Waals surface area contributed by atoms with Crippen LogP contribution in [0, 0.1) is 0 Å². The van der Waals surface area contributed by atoms with Crippen LogP contribution in [0.4, 0.5) is 0 Å². The first-order valence-corrected chi connectivity index (χ1v) is 5.37. The number of phenolic OH excluding ortho intramolecular Hbond substituents is 1. The second-order valence-electron chi connectivity index (χ2n) is 3.30. The highest BCUT2D eigenvalue weighted by atomic mass is 16.5. The first-order chi connectivity index (χ1) is 7.29. The van der Waals surface area contributed by atoms with Crippen LogP contribution in [-0.2, 0) is 0 Å². The van der Waals surface area contributed by atoms with Gasteiger partial charge in [-0.2, -0.15) is 0 Å². The minimum Gasteiger partial charge on any atom is -0.504 e. The maximum absolute atomic E-state index is 9.61. The third kappa shape index (κ3) is 3.35. The monoisotopic (exact) mass is 210 g/mol. The van der Waals surface area contributed by atoms with Gasteiger partial charge in [-0.3, -0.25) is 0 Å². The lowest BCUT2D eigenvalue weighted by molar-refractivity contribution is 0.258. The van der Waals surface area contributed by atoms with Crippen LogP contribution in [0.2, 0.25) is 0 Å². The SMILES string of the molecule is CCCOc1cccc(O)c1OCCC. The van der Waals surface area contributed by atoms with E-state index in [1.165, 1.54) is 0 Å². The van der Waals surface area contributed by atoms with Crippen LogP contribution in [0.3, 0.4) is 0 Å². The molecule has 1 rings (SSSR count). The molecule has 0 fully saturated rings. The van der Waals surface area contributed by atoms with Crippen LogP contribution in [0.25, 0.3) is 0 Å². The van der Waals surface area contributed by atoms with Gasteiger partial charge in [-0.1, -0.05) is 19.9 Å². The van der Waals surface area contributed by atoms with Crippen molar-refractivity contribution in [2.45, 2.75) is 26.7 Å². The Morgan fingerprint density at radius 3 is 2.40 bits per heavy atom.